The van der Waals surface area contributed by atoms with Crippen molar-refractivity contribution < 1.29 is 4.74 Å². The smallest absolute Gasteiger partial charge is 0.0702 e. The summed E-state index contributed by atoms with van der Waals surface area (Å²) >= 11 is 0. The Morgan fingerprint density at radius 3 is 2.59 bits per heavy atom. The molecule has 2 aliphatic heterocycles. The molecule has 0 amide bonds. The number of rotatable bonds is 5. The molecule has 0 aromatic carbocycles. The van der Waals surface area contributed by atoms with Crippen LogP contribution in [0.15, 0.2) is 0 Å². The molecule has 0 saturated carbocycles. The first kappa shape index (κ1) is 13.3. The predicted octanol–water partition coefficient (Wildman–Crippen LogP) is 1.88. The van der Waals surface area contributed by atoms with E-state index in [9.17, 15) is 0 Å². The number of nitrogens with one attached hydrogen (secondary N) is 1. The molecule has 0 radical (unpaired) electrons. The minimum absolute atomic E-state index is 0.505. The van der Waals surface area contributed by atoms with Crippen LogP contribution >= 0.6 is 0 Å². The van der Waals surface area contributed by atoms with E-state index < -0.39 is 0 Å². The minimum Gasteiger partial charge on any atom is -0.377 e. The molecule has 2 rings (SSSR count). The molecule has 3 nitrogen and oxygen atoms in total. The molecule has 2 heterocycles. The number of hydrogen-bond acceptors (Lipinski definition) is 3. The summed E-state index contributed by atoms with van der Waals surface area (Å²) in [6, 6.07) is 0. The van der Waals surface area contributed by atoms with Crippen LogP contribution < -0.4 is 5.32 Å². The number of nitrogens with zero attached hydrogens (tertiary/aromatic N) is 1. The van der Waals surface area contributed by atoms with Crippen LogP contribution in [0.4, 0.5) is 0 Å². The Labute approximate surface area is 106 Å². The van der Waals surface area contributed by atoms with Crippen molar-refractivity contribution in [1.82, 2.24) is 10.2 Å². The molecule has 1 N–H and O–H groups in total. The summed E-state index contributed by atoms with van der Waals surface area (Å²) in [4.78, 5) is 2.60. The average Bonchev–Trinajstić information content (AvgIpc) is 2.40. The lowest BCUT2D eigenvalue weighted by atomic mass is 9.97. The lowest BCUT2D eigenvalue weighted by Crippen LogP contribution is -2.40. The fourth-order valence-corrected chi connectivity index (χ4v) is 3.00. The maximum atomic E-state index is 5.85. The predicted molar refractivity (Wildman–Crippen MR) is 71.3 cm³/mol. The summed E-state index contributed by atoms with van der Waals surface area (Å²) in [5, 5.41) is 3.44. The van der Waals surface area contributed by atoms with E-state index >= 15 is 0 Å². The van der Waals surface area contributed by atoms with Gasteiger partial charge in [0.15, 0.2) is 0 Å². The molecular formula is C14H28N2O. The molecule has 2 aliphatic rings. The molecular weight excluding hydrogens is 212 g/mol. The van der Waals surface area contributed by atoms with Crippen LogP contribution in [0.2, 0.25) is 0 Å². The van der Waals surface area contributed by atoms with Crippen LogP contribution in [-0.2, 0) is 4.74 Å². The van der Waals surface area contributed by atoms with Crippen molar-refractivity contribution in [2.24, 2.45) is 5.92 Å². The highest BCUT2D eigenvalue weighted by molar-refractivity contribution is 4.75. The topological polar surface area (TPSA) is 24.5 Å². The van der Waals surface area contributed by atoms with Crippen LogP contribution in [0.25, 0.3) is 0 Å². The molecule has 1 atom stereocenters. The summed E-state index contributed by atoms with van der Waals surface area (Å²) in [7, 11) is 0. The van der Waals surface area contributed by atoms with Crippen molar-refractivity contribution in [3.8, 4) is 0 Å². The first-order valence-corrected chi connectivity index (χ1v) is 7.43. The number of hydrogen-bond donors (Lipinski definition) is 1. The van der Waals surface area contributed by atoms with Gasteiger partial charge in [-0.2, -0.15) is 0 Å². The summed E-state index contributed by atoms with van der Waals surface area (Å²) < 4.78 is 5.85. The van der Waals surface area contributed by atoms with E-state index in [1.165, 1.54) is 58.3 Å². The number of ether oxygens (including phenoxy) is 1. The van der Waals surface area contributed by atoms with Crippen LogP contribution in [0.5, 0.6) is 0 Å². The van der Waals surface area contributed by atoms with E-state index in [1.807, 2.05) is 0 Å². The molecule has 3 heteroatoms. The second-order valence-corrected chi connectivity index (χ2v) is 5.53. The summed E-state index contributed by atoms with van der Waals surface area (Å²) in [5.74, 6) is 0.903. The Bertz CT molecular complexity index is 178. The van der Waals surface area contributed by atoms with Crippen molar-refractivity contribution >= 4 is 0 Å². The summed E-state index contributed by atoms with van der Waals surface area (Å²) in [6.07, 6.45) is 7.09. The van der Waals surface area contributed by atoms with Crippen molar-refractivity contribution in [3.05, 3.63) is 0 Å². The van der Waals surface area contributed by atoms with E-state index in [0.29, 0.717) is 6.10 Å². The quantitative estimate of drug-likeness (QED) is 0.794. The third-order valence-corrected chi connectivity index (χ3v) is 4.16. The number of piperidine rings is 1. The monoisotopic (exact) mass is 240 g/mol. The fourth-order valence-electron chi connectivity index (χ4n) is 3.00. The Hall–Kier alpha value is -0.120. The lowest BCUT2D eigenvalue weighted by molar-refractivity contribution is -0.00789. The molecule has 0 bridgehead atoms. The molecule has 0 aliphatic carbocycles. The van der Waals surface area contributed by atoms with Gasteiger partial charge < -0.3 is 15.0 Å². The Balaban J connectivity index is 1.71. The zero-order valence-electron chi connectivity index (χ0n) is 11.3. The molecule has 0 spiro atoms. The minimum atomic E-state index is 0.505. The van der Waals surface area contributed by atoms with Crippen molar-refractivity contribution in [3.63, 3.8) is 0 Å². The van der Waals surface area contributed by atoms with Crippen LogP contribution in [0.1, 0.15) is 39.0 Å². The standard InChI is InChI=1S/C14H28N2O/c1-2-16(11-13-6-8-15-9-7-13)12-14-5-3-4-10-17-14/h13-15H,2-12H2,1H3. The van der Waals surface area contributed by atoms with Gasteiger partial charge >= 0.3 is 0 Å². The molecule has 2 fully saturated rings. The third-order valence-electron chi connectivity index (χ3n) is 4.16. The van der Waals surface area contributed by atoms with Gasteiger partial charge in [-0.15, -0.1) is 0 Å². The fraction of sp³-hybridized carbons (Fsp3) is 1.00. The van der Waals surface area contributed by atoms with Gasteiger partial charge in [0.05, 0.1) is 6.10 Å². The van der Waals surface area contributed by atoms with Crippen LogP contribution in [-0.4, -0.2) is 50.3 Å². The average molecular weight is 240 g/mol. The van der Waals surface area contributed by atoms with E-state index in [0.717, 1.165) is 19.1 Å². The maximum absolute atomic E-state index is 5.85. The van der Waals surface area contributed by atoms with Gasteiger partial charge in [-0.05, 0) is 57.7 Å². The molecule has 1 unspecified atom stereocenters. The first-order valence-electron chi connectivity index (χ1n) is 7.43. The molecule has 17 heavy (non-hydrogen) atoms. The van der Waals surface area contributed by atoms with E-state index in [4.69, 9.17) is 4.74 Å². The zero-order valence-corrected chi connectivity index (χ0v) is 11.3. The maximum Gasteiger partial charge on any atom is 0.0702 e. The molecule has 2 saturated heterocycles. The van der Waals surface area contributed by atoms with Crippen molar-refractivity contribution in [2.45, 2.75) is 45.1 Å². The molecule has 0 aromatic rings. The first-order chi connectivity index (χ1) is 8.38. The molecule has 0 aromatic heterocycles. The molecule has 100 valence electrons. The van der Waals surface area contributed by atoms with Gasteiger partial charge in [0.1, 0.15) is 0 Å². The van der Waals surface area contributed by atoms with Crippen molar-refractivity contribution in [1.29, 1.82) is 0 Å². The highest BCUT2D eigenvalue weighted by atomic mass is 16.5. The summed E-state index contributed by atoms with van der Waals surface area (Å²) in [6.45, 7) is 9.28. The van der Waals surface area contributed by atoms with Gasteiger partial charge in [0.2, 0.25) is 0 Å². The second kappa shape index (κ2) is 7.34. The van der Waals surface area contributed by atoms with Crippen LogP contribution in [0.3, 0.4) is 0 Å². The van der Waals surface area contributed by atoms with Gasteiger partial charge in [-0.25, -0.2) is 0 Å². The van der Waals surface area contributed by atoms with Crippen LogP contribution in [0, 0.1) is 5.92 Å². The van der Waals surface area contributed by atoms with E-state index in [1.54, 1.807) is 0 Å². The highest BCUT2D eigenvalue weighted by Crippen LogP contribution is 2.17. The van der Waals surface area contributed by atoms with E-state index in [-0.39, 0.29) is 0 Å². The number of likely N-dealkylation sites (N-methyl/N-ethyl adjacent to an activating group) is 1. The van der Waals surface area contributed by atoms with Gasteiger partial charge in [-0.1, -0.05) is 6.92 Å². The zero-order chi connectivity index (χ0) is 11.9. The van der Waals surface area contributed by atoms with E-state index in [2.05, 4.69) is 17.1 Å². The third kappa shape index (κ3) is 4.57. The summed E-state index contributed by atoms with van der Waals surface area (Å²) in [5.41, 5.74) is 0. The SMILES string of the molecule is CCN(CC1CCNCC1)CC1CCCCO1. The Kier molecular flexibility index (Phi) is 5.75. The largest absolute Gasteiger partial charge is 0.377 e. The lowest BCUT2D eigenvalue weighted by Gasteiger charge is -2.33. The second-order valence-electron chi connectivity index (χ2n) is 5.53. The van der Waals surface area contributed by atoms with Crippen molar-refractivity contribution in [2.75, 3.05) is 39.3 Å². The Morgan fingerprint density at radius 1 is 1.12 bits per heavy atom. The normalized spacial score (nSPS) is 27.5. The Morgan fingerprint density at radius 2 is 1.94 bits per heavy atom. The van der Waals surface area contributed by atoms with Gasteiger partial charge in [-0.3, -0.25) is 0 Å². The highest BCUT2D eigenvalue weighted by Gasteiger charge is 2.20. The van der Waals surface area contributed by atoms with Gasteiger partial charge in [0, 0.05) is 19.7 Å². The van der Waals surface area contributed by atoms with Gasteiger partial charge in [0.25, 0.3) is 0 Å².